The van der Waals surface area contributed by atoms with Crippen LogP contribution in [0.1, 0.15) is 0 Å². The second-order valence-electron chi connectivity index (χ2n) is 2.14. The Morgan fingerprint density at radius 2 is 2.08 bits per heavy atom. The summed E-state index contributed by atoms with van der Waals surface area (Å²) < 4.78 is 1.36. The van der Waals surface area contributed by atoms with Crippen LogP contribution in [0.2, 0.25) is 5.15 Å². The molecule has 0 aliphatic carbocycles. The average Bonchev–Trinajstić information content (AvgIpc) is 2.33. The summed E-state index contributed by atoms with van der Waals surface area (Å²) >= 11 is 12.3. The van der Waals surface area contributed by atoms with E-state index in [-0.39, 0.29) is 0 Å². The molecular formula is C6H2Br2ClN3. The van der Waals surface area contributed by atoms with Gasteiger partial charge in [0.05, 0.1) is 4.47 Å². The van der Waals surface area contributed by atoms with Crippen LogP contribution >= 0.6 is 43.5 Å². The van der Waals surface area contributed by atoms with Gasteiger partial charge >= 0.3 is 0 Å². The van der Waals surface area contributed by atoms with Gasteiger partial charge in [-0.25, -0.2) is 9.97 Å². The fraction of sp³-hybridized carbons (Fsp3) is 0. The highest BCUT2D eigenvalue weighted by molar-refractivity contribution is 9.11. The molecule has 0 saturated carbocycles. The van der Waals surface area contributed by atoms with Crippen molar-refractivity contribution < 1.29 is 0 Å². The Kier molecular flexibility index (Phi) is 2.10. The van der Waals surface area contributed by atoms with Crippen molar-refractivity contribution >= 4 is 54.5 Å². The van der Waals surface area contributed by atoms with Crippen LogP contribution in [0.5, 0.6) is 0 Å². The van der Waals surface area contributed by atoms with Gasteiger partial charge in [-0.3, -0.25) is 0 Å². The van der Waals surface area contributed by atoms with E-state index in [0.717, 1.165) is 15.5 Å². The van der Waals surface area contributed by atoms with E-state index >= 15 is 0 Å². The minimum absolute atomic E-state index is 0.414. The van der Waals surface area contributed by atoms with Crippen molar-refractivity contribution in [2.45, 2.75) is 0 Å². The van der Waals surface area contributed by atoms with Gasteiger partial charge in [-0.05, 0) is 31.9 Å². The molecule has 2 aromatic rings. The van der Waals surface area contributed by atoms with E-state index in [1.165, 1.54) is 0 Å². The van der Waals surface area contributed by atoms with Crippen LogP contribution in [-0.4, -0.2) is 15.0 Å². The quantitative estimate of drug-likeness (QED) is 0.600. The highest BCUT2D eigenvalue weighted by atomic mass is 79.9. The number of nitrogens with zero attached hydrogens (tertiary/aromatic N) is 2. The lowest BCUT2D eigenvalue weighted by molar-refractivity contribution is 1.16. The molecule has 0 aliphatic rings. The molecule has 0 radical (unpaired) electrons. The van der Waals surface area contributed by atoms with Crippen molar-refractivity contribution in [3.8, 4) is 0 Å². The first-order valence-corrected chi connectivity index (χ1v) is 5.00. The molecule has 0 fully saturated rings. The molecule has 3 nitrogen and oxygen atoms in total. The van der Waals surface area contributed by atoms with Gasteiger partial charge in [0.2, 0.25) is 0 Å². The Morgan fingerprint density at radius 3 is 2.83 bits per heavy atom. The summed E-state index contributed by atoms with van der Waals surface area (Å²) in [6, 6.07) is 0. The van der Waals surface area contributed by atoms with Crippen molar-refractivity contribution in [3.63, 3.8) is 0 Å². The first-order valence-electron chi connectivity index (χ1n) is 3.04. The van der Waals surface area contributed by atoms with Crippen LogP contribution in [0.25, 0.3) is 11.0 Å². The number of rotatable bonds is 0. The number of halogens is 3. The fourth-order valence-corrected chi connectivity index (χ4v) is 1.99. The summed E-state index contributed by atoms with van der Waals surface area (Å²) in [5, 5.41) is 0.414. The summed E-state index contributed by atoms with van der Waals surface area (Å²) in [4.78, 5) is 11.0. The topological polar surface area (TPSA) is 41.6 Å². The normalized spacial score (nSPS) is 10.9. The Labute approximate surface area is 89.8 Å². The molecule has 0 aromatic carbocycles. The minimum Gasteiger partial charge on any atom is -0.356 e. The van der Waals surface area contributed by atoms with E-state index in [0.29, 0.717) is 9.89 Å². The molecule has 62 valence electrons. The highest BCUT2D eigenvalue weighted by Crippen LogP contribution is 2.26. The average molecular weight is 311 g/mol. The predicted molar refractivity (Wildman–Crippen MR) is 54.3 cm³/mol. The molecule has 0 atom stereocenters. The Balaban J connectivity index is 2.92. The van der Waals surface area contributed by atoms with E-state index in [1.807, 2.05) is 0 Å². The number of nitrogens with one attached hydrogen (secondary N) is 1. The molecule has 12 heavy (non-hydrogen) atoms. The number of hydrogen-bond acceptors (Lipinski definition) is 2. The second-order valence-corrected chi connectivity index (χ2v) is 4.07. The molecule has 0 unspecified atom stereocenters. The van der Waals surface area contributed by atoms with Crippen LogP contribution in [0.4, 0.5) is 0 Å². The maximum Gasteiger partial charge on any atom is 0.198 e. The number of aromatic nitrogens is 3. The summed E-state index contributed by atoms with van der Waals surface area (Å²) in [5.74, 6) is 0. The van der Waals surface area contributed by atoms with Gasteiger partial charge in [-0.2, -0.15) is 0 Å². The lowest BCUT2D eigenvalue weighted by Crippen LogP contribution is -1.84. The van der Waals surface area contributed by atoms with Gasteiger partial charge in [0.1, 0.15) is 11.0 Å². The molecule has 0 spiro atoms. The molecule has 2 heterocycles. The van der Waals surface area contributed by atoms with Gasteiger partial charge < -0.3 is 4.98 Å². The van der Waals surface area contributed by atoms with Crippen molar-refractivity contribution in [1.29, 1.82) is 0 Å². The van der Waals surface area contributed by atoms with Gasteiger partial charge in [0, 0.05) is 6.20 Å². The van der Waals surface area contributed by atoms with Crippen LogP contribution < -0.4 is 0 Å². The maximum absolute atomic E-state index is 5.84. The zero-order valence-electron chi connectivity index (χ0n) is 5.61. The summed E-state index contributed by atoms with van der Waals surface area (Å²) in [5.41, 5.74) is 1.52. The third-order valence-corrected chi connectivity index (χ3v) is 2.64. The Morgan fingerprint density at radius 1 is 1.33 bits per heavy atom. The highest BCUT2D eigenvalue weighted by Gasteiger charge is 2.08. The predicted octanol–water partition coefficient (Wildman–Crippen LogP) is 3.14. The second kappa shape index (κ2) is 2.97. The molecular weight excluding hydrogens is 309 g/mol. The van der Waals surface area contributed by atoms with E-state index in [9.17, 15) is 0 Å². The standard InChI is InChI=1S/C6H2Br2ClN3/c7-2-1-10-4-3(2)11-6(8)12-5(4)9/h1,10H. The molecule has 2 aromatic heterocycles. The lowest BCUT2D eigenvalue weighted by atomic mass is 10.5. The molecule has 0 bridgehead atoms. The molecule has 2 rings (SSSR count). The van der Waals surface area contributed by atoms with E-state index in [1.54, 1.807) is 6.20 Å². The summed E-state index contributed by atoms with van der Waals surface area (Å²) in [6.45, 7) is 0. The number of aromatic amines is 1. The van der Waals surface area contributed by atoms with Crippen LogP contribution in [0, 0.1) is 0 Å². The van der Waals surface area contributed by atoms with Crippen LogP contribution in [0.15, 0.2) is 15.4 Å². The van der Waals surface area contributed by atoms with E-state index < -0.39 is 0 Å². The fourth-order valence-electron chi connectivity index (χ4n) is 0.912. The van der Waals surface area contributed by atoms with Gasteiger partial charge in [0.15, 0.2) is 9.89 Å². The number of hydrogen-bond donors (Lipinski definition) is 1. The van der Waals surface area contributed by atoms with E-state index in [2.05, 4.69) is 46.8 Å². The van der Waals surface area contributed by atoms with Crippen molar-refractivity contribution in [2.75, 3.05) is 0 Å². The molecule has 1 N–H and O–H groups in total. The Bertz CT molecular complexity index is 440. The summed E-state index contributed by atoms with van der Waals surface area (Å²) in [7, 11) is 0. The lowest BCUT2D eigenvalue weighted by Gasteiger charge is -1.93. The Hall–Kier alpha value is -0.130. The first-order chi connectivity index (χ1) is 5.68. The van der Waals surface area contributed by atoms with E-state index in [4.69, 9.17) is 11.6 Å². The zero-order valence-corrected chi connectivity index (χ0v) is 9.53. The zero-order chi connectivity index (χ0) is 8.72. The molecule has 6 heteroatoms. The maximum atomic E-state index is 5.84. The number of fused-ring (bicyclic) bond motifs is 1. The third-order valence-electron chi connectivity index (χ3n) is 1.41. The van der Waals surface area contributed by atoms with Crippen LogP contribution in [0.3, 0.4) is 0 Å². The van der Waals surface area contributed by atoms with Crippen molar-refractivity contribution in [2.24, 2.45) is 0 Å². The smallest absolute Gasteiger partial charge is 0.198 e. The SMILES string of the molecule is Clc1nc(Br)nc2c(Br)c[nH]c12. The largest absolute Gasteiger partial charge is 0.356 e. The summed E-state index contributed by atoms with van der Waals surface area (Å²) in [6.07, 6.45) is 1.78. The first kappa shape index (κ1) is 8.47. The van der Waals surface area contributed by atoms with Crippen LogP contribution in [-0.2, 0) is 0 Å². The van der Waals surface area contributed by atoms with Gasteiger partial charge in [-0.1, -0.05) is 11.6 Å². The molecule has 0 amide bonds. The molecule has 0 aliphatic heterocycles. The van der Waals surface area contributed by atoms with Crippen molar-refractivity contribution in [1.82, 2.24) is 15.0 Å². The van der Waals surface area contributed by atoms with Gasteiger partial charge in [-0.15, -0.1) is 0 Å². The number of H-pyrrole nitrogens is 1. The molecule has 0 saturated heterocycles. The monoisotopic (exact) mass is 309 g/mol. The van der Waals surface area contributed by atoms with Gasteiger partial charge in [0.25, 0.3) is 0 Å². The third kappa shape index (κ3) is 1.26. The van der Waals surface area contributed by atoms with Crippen molar-refractivity contribution in [3.05, 3.63) is 20.6 Å². The minimum atomic E-state index is 0.414.